The highest BCUT2D eigenvalue weighted by Crippen LogP contribution is 2.19. The molecule has 0 fully saturated rings. The molecule has 0 spiro atoms. The average Bonchev–Trinajstić information content (AvgIpc) is 2.12. The predicted molar refractivity (Wildman–Crippen MR) is 55.6 cm³/mol. The predicted octanol–water partition coefficient (Wildman–Crippen LogP) is 0.884. The summed E-state index contributed by atoms with van der Waals surface area (Å²) in [4.78, 5) is 8.03. The number of hydrogen-bond acceptors (Lipinski definition) is 5. The molecule has 78 valence electrons. The van der Waals surface area contributed by atoms with E-state index >= 15 is 0 Å². The quantitative estimate of drug-likeness (QED) is 0.598. The van der Waals surface area contributed by atoms with Crippen LogP contribution in [0.4, 0.5) is 0 Å². The van der Waals surface area contributed by atoms with Crippen molar-refractivity contribution >= 4 is 23.4 Å². The van der Waals surface area contributed by atoms with Gasteiger partial charge in [-0.15, -0.1) is 11.8 Å². The van der Waals surface area contributed by atoms with Crippen molar-refractivity contribution in [2.24, 2.45) is 0 Å². The SMILES string of the molecule is Cc1nc(Cl)cc(SCC(O)CO)n1. The van der Waals surface area contributed by atoms with Crippen LogP contribution in [0.2, 0.25) is 5.15 Å². The van der Waals surface area contributed by atoms with E-state index in [1.807, 2.05) is 0 Å². The molecule has 0 radical (unpaired) electrons. The van der Waals surface area contributed by atoms with Gasteiger partial charge in [0.2, 0.25) is 0 Å². The number of nitrogens with zero attached hydrogens (tertiary/aromatic N) is 2. The molecule has 0 aromatic carbocycles. The highest BCUT2D eigenvalue weighted by molar-refractivity contribution is 7.99. The number of aliphatic hydroxyl groups excluding tert-OH is 2. The highest BCUT2D eigenvalue weighted by atomic mass is 35.5. The molecular weight excluding hydrogens is 224 g/mol. The van der Waals surface area contributed by atoms with Crippen LogP contribution < -0.4 is 0 Å². The van der Waals surface area contributed by atoms with Crippen LogP contribution in [0.3, 0.4) is 0 Å². The Kier molecular flexibility index (Phi) is 4.60. The molecule has 1 aromatic heterocycles. The first-order chi connectivity index (χ1) is 6.61. The van der Waals surface area contributed by atoms with E-state index in [0.29, 0.717) is 21.8 Å². The lowest BCUT2D eigenvalue weighted by atomic mass is 10.4. The van der Waals surface area contributed by atoms with E-state index in [4.69, 9.17) is 21.8 Å². The number of rotatable bonds is 4. The minimum absolute atomic E-state index is 0.245. The van der Waals surface area contributed by atoms with E-state index in [0.717, 1.165) is 0 Å². The first kappa shape index (κ1) is 11.7. The summed E-state index contributed by atoms with van der Waals surface area (Å²) < 4.78 is 0. The fourth-order valence-corrected chi connectivity index (χ4v) is 1.96. The van der Waals surface area contributed by atoms with Crippen LogP contribution in [0, 0.1) is 6.92 Å². The molecular formula is C8H11ClN2O2S. The maximum atomic E-state index is 9.11. The zero-order valence-corrected chi connectivity index (χ0v) is 9.22. The maximum absolute atomic E-state index is 9.11. The molecule has 0 aliphatic carbocycles. The smallest absolute Gasteiger partial charge is 0.133 e. The maximum Gasteiger partial charge on any atom is 0.133 e. The van der Waals surface area contributed by atoms with Crippen LogP contribution in [0.1, 0.15) is 5.82 Å². The van der Waals surface area contributed by atoms with Gasteiger partial charge in [0.15, 0.2) is 0 Å². The molecule has 4 nitrogen and oxygen atoms in total. The number of hydrogen-bond donors (Lipinski definition) is 2. The lowest BCUT2D eigenvalue weighted by Crippen LogP contribution is -2.14. The van der Waals surface area contributed by atoms with Gasteiger partial charge in [-0.2, -0.15) is 0 Å². The normalized spacial score (nSPS) is 12.9. The van der Waals surface area contributed by atoms with Crippen molar-refractivity contribution in [2.75, 3.05) is 12.4 Å². The number of halogens is 1. The molecule has 1 atom stereocenters. The topological polar surface area (TPSA) is 66.2 Å². The zero-order valence-electron chi connectivity index (χ0n) is 7.64. The molecule has 14 heavy (non-hydrogen) atoms. The van der Waals surface area contributed by atoms with Crippen LogP contribution in [-0.4, -0.2) is 38.6 Å². The highest BCUT2D eigenvalue weighted by Gasteiger charge is 2.05. The van der Waals surface area contributed by atoms with Crippen LogP contribution in [0.25, 0.3) is 0 Å². The van der Waals surface area contributed by atoms with Gasteiger partial charge in [0, 0.05) is 11.8 Å². The minimum Gasteiger partial charge on any atom is -0.394 e. The Morgan fingerprint density at radius 3 is 2.86 bits per heavy atom. The van der Waals surface area contributed by atoms with E-state index in [-0.39, 0.29) is 6.61 Å². The number of aromatic nitrogens is 2. The van der Waals surface area contributed by atoms with Crippen molar-refractivity contribution in [2.45, 2.75) is 18.1 Å². The fourth-order valence-electron chi connectivity index (χ4n) is 0.814. The summed E-state index contributed by atoms with van der Waals surface area (Å²) in [6.45, 7) is 1.50. The molecule has 6 heteroatoms. The largest absolute Gasteiger partial charge is 0.394 e. The third-order valence-electron chi connectivity index (χ3n) is 1.42. The van der Waals surface area contributed by atoms with Crippen molar-refractivity contribution < 1.29 is 10.2 Å². The molecule has 0 bridgehead atoms. The van der Waals surface area contributed by atoms with Crippen LogP contribution in [-0.2, 0) is 0 Å². The van der Waals surface area contributed by atoms with Crippen molar-refractivity contribution in [1.82, 2.24) is 9.97 Å². The molecule has 1 aromatic rings. The molecule has 2 N–H and O–H groups in total. The molecule has 0 saturated carbocycles. The Balaban J connectivity index is 2.58. The third-order valence-corrected chi connectivity index (χ3v) is 2.67. The standard InChI is InChI=1S/C8H11ClN2O2S/c1-5-10-7(9)2-8(11-5)14-4-6(13)3-12/h2,6,12-13H,3-4H2,1H3. The van der Waals surface area contributed by atoms with E-state index < -0.39 is 6.10 Å². The molecule has 1 unspecified atom stereocenters. The lowest BCUT2D eigenvalue weighted by Gasteiger charge is -2.06. The molecule has 0 saturated heterocycles. The number of aryl methyl sites for hydroxylation is 1. The van der Waals surface area contributed by atoms with E-state index in [1.165, 1.54) is 11.8 Å². The molecule has 0 amide bonds. The third kappa shape index (κ3) is 3.79. The van der Waals surface area contributed by atoms with Gasteiger partial charge in [-0.05, 0) is 6.92 Å². The summed E-state index contributed by atoms with van der Waals surface area (Å²) in [5.74, 6) is 0.988. The second-order valence-corrected chi connectivity index (χ2v) is 4.15. The van der Waals surface area contributed by atoms with Gasteiger partial charge in [0.25, 0.3) is 0 Å². The summed E-state index contributed by atoms with van der Waals surface area (Å²) in [5, 5.41) is 18.8. The first-order valence-corrected chi connectivity index (χ1v) is 5.41. The summed E-state index contributed by atoms with van der Waals surface area (Å²) in [6, 6.07) is 1.63. The Hall–Kier alpha value is -0.360. The van der Waals surface area contributed by atoms with Crippen molar-refractivity contribution in [3.8, 4) is 0 Å². The van der Waals surface area contributed by atoms with E-state index in [9.17, 15) is 0 Å². The van der Waals surface area contributed by atoms with Gasteiger partial charge in [0.05, 0.1) is 12.7 Å². The Morgan fingerprint density at radius 2 is 2.29 bits per heavy atom. The zero-order chi connectivity index (χ0) is 10.6. The lowest BCUT2D eigenvalue weighted by molar-refractivity contribution is 0.113. The Morgan fingerprint density at radius 1 is 1.57 bits per heavy atom. The average molecular weight is 235 g/mol. The number of aliphatic hydroxyl groups is 2. The molecule has 1 heterocycles. The molecule has 0 aliphatic rings. The number of thioether (sulfide) groups is 1. The Labute approximate surface area is 91.3 Å². The van der Waals surface area contributed by atoms with Gasteiger partial charge in [-0.3, -0.25) is 0 Å². The van der Waals surface area contributed by atoms with Crippen molar-refractivity contribution in [3.63, 3.8) is 0 Å². The van der Waals surface area contributed by atoms with E-state index in [1.54, 1.807) is 13.0 Å². The first-order valence-electron chi connectivity index (χ1n) is 4.04. The summed E-state index contributed by atoms with van der Waals surface area (Å²) in [5.41, 5.74) is 0. The summed E-state index contributed by atoms with van der Waals surface area (Å²) in [6.07, 6.45) is -0.728. The summed E-state index contributed by atoms with van der Waals surface area (Å²) in [7, 11) is 0. The van der Waals surface area contributed by atoms with Gasteiger partial charge < -0.3 is 10.2 Å². The van der Waals surface area contributed by atoms with Gasteiger partial charge in [0.1, 0.15) is 16.0 Å². The minimum atomic E-state index is -0.728. The van der Waals surface area contributed by atoms with Crippen LogP contribution in [0.5, 0.6) is 0 Å². The van der Waals surface area contributed by atoms with Gasteiger partial charge in [-0.1, -0.05) is 11.6 Å². The van der Waals surface area contributed by atoms with E-state index in [2.05, 4.69) is 9.97 Å². The van der Waals surface area contributed by atoms with Crippen LogP contribution >= 0.6 is 23.4 Å². The summed E-state index contributed by atoms with van der Waals surface area (Å²) >= 11 is 7.06. The molecule has 0 aliphatic heterocycles. The monoisotopic (exact) mass is 234 g/mol. The second-order valence-electron chi connectivity index (χ2n) is 2.72. The van der Waals surface area contributed by atoms with Crippen LogP contribution in [0.15, 0.2) is 11.1 Å². The van der Waals surface area contributed by atoms with Crippen molar-refractivity contribution in [3.05, 3.63) is 17.0 Å². The van der Waals surface area contributed by atoms with Crippen molar-refractivity contribution in [1.29, 1.82) is 0 Å². The van der Waals surface area contributed by atoms with Gasteiger partial charge >= 0.3 is 0 Å². The Bertz CT molecular complexity index is 291. The van der Waals surface area contributed by atoms with Gasteiger partial charge in [-0.25, -0.2) is 9.97 Å². The second kappa shape index (κ2) is 5.50. The fraction of sp³-hybridized carbons (Fsp3) is 0.500. The molecule has 1 rings (SSSR count).